The van der Waals surface area contributed by atoms with Gasteiger partial charge in [-0.3, -0.25) is 9.78 Å². The number of benzene rings is 1. The minimum absolute atomic E-state index is 0.358. The van der Waals surface area contributed by atoms with Gasteiger partial charge >= 0.3 is 11.7 Å². The Labute approximate surface area is 108 Å². The van der Waals surface area contributed by atoms with E-state index in [1.165, 1.54) is 0 Å². The monoisotopic (exact) mass is 265 g/mol. The molecule has 0 radical (unpaired) electrons. The fourth-order valence-corrected chi connectivity index (χ4v) is 1.71. The van der Waals surface area contributed by atoms with Crippen molar-refractivity contribution in [2.45, 2.75) is 19.0 Å². The van der Waals surface area contributed by atoms with Crippen LogP contribution in [0.25, 0.3) is 11.1 Å². The normalized spacial score (nSPS) is 12.7. The van der Waals surface area contributed by atoms with Gasteiger partial charge in [-0.1, -0.05) is 6.07 Å². The molecule has 0 fully saturated rings. The molecule has 1 heterocycles. The number of carboxylic acids is 1. The van der Waals surface area contributed by atoms with Crippen LogP contribution in [0, 0.1) is 0 Å². The quantitative estimate of drug-likeness (QED) is 0.546. The van der Waals surface area contributed by atoms with Gasteiger partial charge in [-0.2, -0.15) is 0 Å². The molecule has 1 unspecified atom stereocenters. The number of aromatic nitrogens is 1. The van der Waals surface area contributed by atoms with Crippen LogP contribution in [0.3, 0.4) is 0 Å². The van der Waals surface area contributed by atoms with E-state index in [0.29, 0.717) is 30.6 Å². The van der Waals surface area contributed by atoms with Crippen molar-refractivity contribution in [2.24, 2.45) is 5.73 Å². The lowest BCUT2D eigenvalue weighted by Crippen LogP contribution is -2.33. The molecule has 0 spiro atoms. The zero-order valence-corrected chi connectivity index (χ0v) is 10.2. The van der Waals surface area contributed by atoms with Crippen molar-refractivity contribution >= 4 is 17.1 Å². The number of oxazole rings is 1. The Balaban J connectivity index is 1.88. The smallest absolute Gasteiger partial charge is 0.417 e. The molecule has 0 saturated heterocycles. The van der Waals surface area contributed by atoms with E-state index >= 15 is 0 Å². The third kappa shape index (κ3) is 3.43. The summed E-state index contributed by atoms with van der Waals surface area (Å²) in [6, 6.07) is 4.54. The number of carbonyl (C=O) groups is 1. The number of nitrogens with one attached hydrogen (secondary N) is 2. The molecule has 7 heteroatoms. The molecule has 1 atom stereocenters. The van der Waals surface area contributed by atoms with Gasteiger partial charge < -0.3 is 20.6 Å². The predicted octanol–water partition coefficient (Wildman–Crippen LogP) is 0.0127. The lowest BCUT2D eigenvalue weighted by Gasteiger charge is -2.07. The first-order chi connectivity index (χ1) is 9.06. The Morgan fingerprint density at radius 2 is 2.32 bits per heavy atom. The number of H-pyrrole nitrogens is 1. The standard InChI is InChI=1S/C12H15N3O4/c13-8(11(16)17)3-4-14-6-7-1-2-9-10(5-7)19-12(18)15-9/h1-2,5,8,14H,3-4,6,13H2,(H,15,18)(H,16,17). The summed E-state index contributed by atoms with van der Waals surface area (Å²) >= 11 is 0. The van der Waals surface area contributed by atoms with Crippen molar-refractivity contribution in [2.75, 3.05) is 6.54 Å². The molecule has 0 aliphatic heterocycles. The predicted molar refractivity (Wildman–Crippen MR) is 68.8 cm³/mol. The van der Waals surface area contributed by atoms with Crippen LogP contribution in [-0.4, -0.2) is 28.6 Å². The topological polar surface area (TPSA) is 121 Å². The van der Waals surface area contributed by atoms with Crippen molar-refractivity contribution in [3.8, 4) is 0 Å². The first-order valence-electron chi connectivity index (χ1n) is 5.87. The summed E-state index contributed by atoms with van der Waals surface area (Å²) in [5.74, 6) is -1.48. The molecule has 2 rings (SSSR count). The van der Waals surface area contributed by atoms with Gasteiger partial charge in [0, 0.05) is 6.54 Å². The van der Waals surface area contributed by atoms with Crippen molar-refractivity contribution in [3.63, 3.8) is 0 Å². The Bertz CT molecular complexity index is 631. The van der Waals surface area contributed by atoms with Gasteiger partial charge in [0.2, 0.25) is 0 Å². The molecule has 0 saturated carbocycles. The van der Waals surface area contributed by atoms with Crippen molar-refractivity contribution in [1.82, 2.24) is 10.3 Å². The molecule has 1 aromatic carbocycles. The lowest BCUT2D eigenvalue weighted by atomic mass is 10.2. The number of rotatable bonds is 6. The summed E-state index contributed by atoms with van der Waals surface area (Å²) in [6.45, 7) is 1.06. The zero-order valence-electron chi connectivity index (χ0n) is 10.2. The van der Waals surface area contributed by atoms with Crippen LogP contribution >= 0.6 is 0 Å². The first-order valence-corrected chi connectivity index (χ1v) is 5.87. The van der Waals surface area contributed by atoms with E-state index in [1.807, 2.05) is 6.07 Å². The minimum atomic E-state index is -1.00. The van der Waals surface area contributed by atoms with E-state index in [9.17, 15) is 9.59 Å². The third-order valence-corrected chi connectivity index (χ3v) is 2.76. The molecule has 2 aromatic rings. The Morgan fingerprint density at radius 1 is 1.53 bits per heavy atom. The Morgan fingerprint density at radius 3 is 3.05 bits per heavy atom. The van der Waals surface area contributed by atoms with Crippen LogP contribution in [0.4, 0.5) is 0 Å². The largest absolute Gasteiger partial charge is 0.480 e. The number of aliphatic carboxylic acids is 1. The second-order valence-electron chi connectivity index (χ2n) is 4.26. The zero-order chi connectivity index (χ0) is 13.8. The second-order valence-corrected chi connectivity index (χ2v) is 4.26. The molecule has 0 aliphatic rings. The minimum Gasteiger partial charge on any atom is -0.480 e. The number of carboxylic acid groups (broad SMARTS) is 1. The molecule has 5 N–H and O–H groups in total. The van der Waals surface area contributed by atoms with Crippen LogP contribution in [0.15, 0.2) is 27.4 Å². The summed E-state index contributed by atoms with van der Waals surface area (Å²) < 4.78 is 4.95. The highest BCUT2D eigenvalue weighted by atomic mass is 16.4. The molecule has 102 valence electrons. The molecule has 7 nitrogen and oxygen atoms in total. The Kier molecular flexibility index (Phi) is 3.98. The van der Waals surface area contributed by atoms with Gasteiger partial charge in [-0.15, -0.1) is 0 Å². The molecule has 0 aliphatic carbocycles. The van der Waals surface area contributed by atoms with E-state index in [4.69, 9.17) is 15.3 Å². The van der Waals surface area contributed by atoms with Gasteiger partial charge in [0.25, 0.3) is 0 Å². The van der Waals surface area contributed by atoms with Gasteiger partial charge in [0.15, 0.2) is 5.58 Å². The number of hydrogen-bond donors (Lipinski definition) is 4. The van der Waals surface area contributed by atoms with E-state index in [2.05, 4.69) is 10.3 Å². The first kappa shape index (κ1) is 13.3. The lowest BCUT2D eigenvalue weighted by molar-refractivity contribution is -0.138. The van der Waals surface area contributed by atoms with E-state index in [0.717, 1.165) is 5.56 Å². The van der Waals surface area contributed by atoms with Gasteiger partial charge in [0.1, 0.15) is 6.04 Å². The second kappa shape index (κ2) is 5.68. The van der Waals surface area contributed by atoms with E-state index in [1.54, 1.807) is 12.1 Å². The van der Waals surface area contributed by atoms with Crippen LogP contribution in [0.2, 0.25) is 0 Å². The fourth-order valence-electron chi connectivity index (χ4n) is 1.71. The number of fused-ring (bicyclic) bond motifs is 1. The van der Waals surface area contributed by atoms with Crippen molar-refractivity contribution in [3.05, 3.63) is 34.3 Å². The van der Waals surface area contributed by atoms with E-state index < -0.39 is 17.8 Å². The molecule has 0 bridgehead atoms. The summed E-state index contributed by atoms with van der Waals surface area (Å²) in [4.78, 5) is 24.1. The maximum Gasteiger partial charge on any atom is 0.417 e. The average molecular weight is 265 g/mol. The Hall–Kier alpha value is -2.12. The third-order valence-electron chi connectivity index (χ3n) is 2.76. The molecule has 1 aromatic heterocycles. The summed E-state index contributed by atoms with van der Waals surface area (Å²) in [6.07, 6.45) is 0.358. The van der Waals surface area contributed by atoms with E-state index in [-0.39, 0.29) is 0 Å². The molecular formula is C12H15N3O4. The average Bonchev–Trinajstić information content (AvgIpc) is 2.73. The van der Waals surface area contributed by atoms with Crippen LogP contribution in [0.1, 0.15) is 12.0 Å². The number of aromatic amines is 1. The highest BCUT2D eigenvalue weighted by Gasteiger charge is 2.10. The fraction of sp³-hybridized carbons (Fsp3) is 0.333. The molecule has 19 heavy (non-hydrogen) atoms. The highest BCUT2D eigenvalue weighted by molar-refractivity contribution is 5.73. The number of nitrogens with two attached hydrogens (primary N) is 1. The van der Waals surface area contributed by atoms with Gasteiger partial charge in [-0.25, -0.2) is 4.79 Å². The summed E-state index contributed by atoms with van der Waals surface area (Å²) in [5, 5.41) is 11.7. The van der Waals surface area contributed by atoms with Gasteiger partial charge in [0.05, 0.1) is 5.52 Å². The van der Waals surface area contributed by atoms with Crippen molar-refractivity contribution in [1.29, 1.82) is 0 Å². The molecule has 0 amide bonds. The SMILES string of the molecule is NC(CCNCc1ccc2[nH]c(=O)oc2c1)C(=O)O. The van der Waals surface area contributed by atoms with Crippen LogP contribution in [0.5, 0.6) is 0 Å². The maximum absolute atomic E-state index is 11.0. The number of hydrogen-bond acceptors (Lipinski definition) is 5. The summed E-state index contributed by atoms with van der Waals surface area (Å²) in [5.41, 5.74) is 7.48. The van der Waals surface area contributed by atoms with Gasteiger partial charge in [-0.05, 0) is 30.7 Å². The van der Waals surface area contributed by atoms with Crippen molar-refractivity contribution < 1.29 is 14.3 Å². The van der Waals surface area contributed by atoms with Crippen LogP contribution in [-0.2, 0) is 11.3 Å². The van der Waals surface area contributed by atoms with Crippen LogP contribution < -0.4 is 16.8 Å². The molecular weight excluding hydrogens is 250 g/mol. The highest BCUT2D eigenvalue weighted by Crippen LogP contribution is 2.11. The maximum atomic E-state index is 11.0. The summed E-state index contributed by atoms with van der Waals surface area (Å²) in [7, 11) is 0.